The zero-order valence-corrected chi connectivity index (χ0v) is 25.5. The molecule has 5 aliphatic rings. The Kier molecular flexibility index (Phi) is 8.16. The quantitative estimate of drug-likeness (QED) is 0.502. The van der Waals surface area contributed by atoms with Crippen molar-refractivity contribution >= 4 is 21.8 Å². The fraction of sp³-hybridized carbons (Fsp3) is 0.700. The molecule has 0 spiro atoms. The lowest BCUT2D eigenvalue weighted by atomic mass is 9.70. The van der Waals surface area contributed by atoms with Crippen molar-refractivity contribution in [2.24, 2.45) is 16.8 Å². The van der Waals surface area contributed by atoms with Crippen molar-refractivity contribution in [1.82, 2.24) is 14.6 Å². The maximum atomic E-state index is 14.6. The third kappa shape index (κ3) is 5.74. The molecule has 10 nitrogen and oxygen atoms in total. The lowest BCUT2D eigenvalue weighted by Gasteiger charge is -2.42. The van der Waals surface area contributed by atoms with Gasteiger partial charge in [-0.1, -0.05) is 0 Å². The third-order valence-corrected chi connectivity index (χ3v) is 11.4. The maximum Gasteiger partial charge on any atom is 0.250 e. The molecule has 3 fully saturated rings. The first-order chi connectivity index (χ1) is 20.4. The predicted molar refractivity (Wildman–Crippen MR) is 156 cm³/mol. The number of aromatic nitrogens is 1. The number of ether oxygens (including phenoxy) is 2. The Morgan fingerprint density at radius 2 is 1.79 bits per heavy atom. The van der Waals surface area contributed by atoms with E-state index in [1.54, 1.807) is 13.1 Å². The van der Waals surface area contributed by atoms with Gasteiger partial charge in [0, 0.05) is 50.4 Å². The van der Waals surface area contributed by atoms with Gasteiger partial charge in [0.25, 0.3) is 5.91 Å². The van der Waals surface area contributed by atoms with Crippen LogP contribution in [0, 0.1) is 11.8 Å². The van der Waals surface area contributed by atoms with Crippen LogP contribution in [-0.4, -0.2) is 86.5 Å². The Bertz CT molecular complexity index is 1490. The van der Waals surface area contributed by atoms with E-state index in [0.29, 0.717) is 80.4 Å². The summed E-state index contributed by atoms with van der Waals surface area (Å²) in [6.45, 7) is 0. The average molecular weight is 623 g/mol. The van der Waals surface area contributed by atoms with Gasteiger partial charge in [0.05, 0.1) is 11.8 Å². The molecule has 0 saturated heterocycles. The maximum absolute atomic E-state index is 14.6. The highest BCUT2D eigenvalue weighted by molar-refractivity contribution is 7.88. The minimum atomic E-state index is -3.64. The summed E-state index contributed by atoms with van der Waals surface area (Å²) in [6, 6.07) is 2.00. The van der Waals surface area contributed by atoms with Gasteiger partial charge in [0.2, 0.25) is 21.5 Å². The van der Waals surface area contributed by atoms with Crippen LogP contribution in [0.3, 0.4) is 0 Å². The molecule has 0 aromatic carbocycles. The fourth-order valence-corrected chi connectivity index (χ4v) is 8.49. The SMILES string of the molecule is CNC(=O)C1=C(C2CCC(F)CC2)OC2CC(N(C)S(C)(=O)=O)C(c3cc(C4=NC5C(F)CCCC5O4)[nH]c(=O)c3)CC12. The number of nitrogens with one attached hydrogen (secondary N) is 2. The number of pyridine rings is 1. The molecule has 7 unspecified atom stereocenters. The second-order valence-corrected chi connectivity index (χ2v) is 14.8. The summed E-state index contributed by atoms with van der Waals surface area (Å²) in [7, 11) is -0.559. The number of sulfonamides is 1. The number of fused-ring (bicyclic) bond motifs is 2. The van der Waals surface area contributed by atoms with Crippen LogP contribution in [0.4, 0.5) is 8.78 Å². The smallest absolute Gasteiger partial charge is 0.250 e. The summed E-state index contributed by atoms with van der Waals surface area (Å²) in [5.41, 5.74) is 1.02. The number of rotatable bonds is 6. The standard InChI is InChI=1S/C30H40F2N4O6S/c1-33-29(38)26-19-13-18(16-11-21(34-25(37)12-16)30-35-27-20(32)5-4-6-23(27)42-30)22(36(2)43(3,39)40)14-24(19)41-28(26)15-7-9-17(31)10-8-15/h11-12,15,17-20,22-24,27H,4-10,13-14H2,1-3H3,(H,33,38)(H,34,37). The molecule has 7 atom stereocenters. The highest BCUT2D eigenvalue weighted by Gasteiger charge is 2.51. The zero-order valence-electron chi connectivity index (χ0n) is 24.7. The zero-order chi connectivity index (χ0) is 30.6. The number of carbonyl (C=O) groups excluding carboxylic acids is 1. The Balaban J connectivity index is 1.38. The number of carbonyl (C=O) groups is 1. The third-order valence-electron chi connectivity index (χ3n) is 10.1. The molecule has 3 heterocycles. The number of H-pyrrole nitrogens is 1. The minimum absolute atomic E-state index is 0.0824. The fourth-order valence-electron chi connectivity index (χ4n) is 7.76. The van der Waals surface area contributed by atoms with E-state index in [2.05, 4.69) is 15.3 Å². The van der Waals surface area contributed by atoms with Crippen molar-refractivity contribution in [3.63, 3.8) is 0 Å². The predicted octanol–water partition coefficient (Wildman–Crippen LogP) is 3.09. The monoisotopic (exact) mass is 622 g/mol. The molecule has 1 amide bonds. The van der Waals surface area contributed by atoms with E-state index in [1.165, 1.54) is 17.4 Å². The van der Waals surface area contributed by atoms with Crippen LogP contribution in [0.25, 0.3) is 0 Å². The topological polar surface area (TPSA) is 130 Å². The molecular formula is C30H40F2N4O6S. The van der Waals surface area contributed by atoms with E-state index in [0.717, 1.165) is 6.26 Å². The first-order valence-corrected chi connectivity index (χ1v) is 17.1. The number of amides is 1. The summed E-state index contributed by atoms with van der Waals surface area (Å²) in [6.07, 6.45) is 2.76. The molecule has 0 bridgehead atoms. The van der Waals surface area contributed by atoms with Crippen molar-refractivity contribution in [2.75, 3.05) is 20.4 Å². The van der Waals surface area contributed by atoms with Gasteiger partial charge in [-0.15, -0.1) is 0 Å². The van der Waals surface area contributed by atoms with Gasteiger partial charge in [-0.05, 0) is 63.0 Å². The molecule has 2 aliphatic heterocycles. The number of allylic oxidation sites excluding steroid dienone is 1. The normalized spacial score (nSPS) is 36.0. The van der Waals surface area contributed by atoms with E-state index < -0.39 is 52.0 Å². The van der Waals surface area contributed by atoms with Gasteiger partial charge in [-0.2, -0.15) is 0 Å². The number of halogens is 2. The lowest BCUT2D eigenvalue weighted by Crippen LogP contribution is -2.48. The number of alkyl halides is 2. The van der Waals surface area contributed by atoms with Crippen LogP contribution in [-0.2, 0) is 24.3 Å². The first-order valence-electron chi connectivity index (χ1n) is 15.3. The van der Waals surface area contributed by atoms with Crippen LogP contribution >= 0.6 is 0 Å². The molecule has 0 radical (unpaired) electrons. The lowest BCUT2D eigenvalue weighted by molar-refractivity contribution is -0.117. The minimum Gasteiger partial charge on any atom is -0.493 e. The van der Waals surface area contributed by atoms with Gasteiger partial charge >= 0.3 is 0 Å². The number of aliphatic imine (C=N–C) groups is 1. The summed E-state index contributed by atoms with van der Waals surface area (Å²) in [5, 5.41) is 2.74. The molecule has 43 heavy (non-hydrogen) atoms. The van der Waals surface area contributed by atoms with Gasteiger partial charge in [-0.3, -0.25) is 9.59 Å². The van der Waals surface area contributed by atoms with Crippen LogP contribution in [0.5, 0.6) is 0 Å². The highest BCUT2D eigenvalue weighted by Crippen LogP contribution is 2.50. The molecule has 1 aromatic heterocycles. The van der Waals surface area contributed by atoms with Crippen LogP contribution in [0.1, 0.15) is 75.0 Å². The molecule has 6 rings (SSSR count). The Hall–Kier alpha value is -2.80. The molecule has 236 valence electrons. The number of hydrogen-bond acceptors (Lipinski definition) is 7. The molecule has 13 heteroatoms. The van der Waals surface area contributed by atoms with Gasteiger partial charge in [0.15, 0.2) is 0 Å². The van der Waals surface area contributed by atoms with Crippen LogP contribution < -0.4 is 10.9 Å². The Labute approximate surface area is 250 Å². The second-order valence-electron chi connectivity index (χ2n) is 12.7. The molecule has 3 aliphatic carbocycles. The second kappa shape index (κ2) is 11.6. The van der Waals surface area contributed by atoms with Crippen molar-refractivity contribution in [2.45, 2.75) is 100 Å². The first kappa shape index (κ1) is 30.2. The highest BCUT2D eigenvalue weighted by atomic mass is 32.2. The Morgan fingerprint density at radius 3 is 2.47 bits per heavy atom. The van der Waals surface area contributed by atoms with Gasteiger partial charge in [0.1, 0.15) is 42.0 Å². The summed E-state index contributed by atoms with van der Waals surface area (Å²) in [5.74, 6) is -0.384. The number of hydrogen-bond donors (Lipinski definition) is 2. The molecular weight excluding hydrogens is 582 g/mol. The number of aromatic amines is 1. The van der Waals surface area contributed by atoms with E-state index in [1.807, 2.05) is 0 Å². The van der Waals surface area contributed by atoms with E-state index in [9.17, 15) is 26.8 Å². The van der Waals surface area contributed by atoms with Crippen LogP contribution in [0.2, 0.25) is 0 Å². The average Bonchev–Trinajstić information content (AvgIpc) is 3.58. The van der Waals surface area contributed by atoms with Crippen molar-refractivity contribution < 1.29 is 31.5 Å². The largest absolute Gasteiger partial charge is 0.493 e. The van der Waals surface area contributed by atoms with Gasteiger partial charge < -0.3 is 19.8 Å². The van der Waals surface area contributed by atoms with E-state index in [-0.39, 0.29) is 29.7 Å². The van der Waals surface area contributed by atoms with Crippen molar-refractivity contribution in [1.29, 1.82) is 0 Å². The van der Waals surface area contributed by atoms with Crippen molar-refractivity contribution in [3.8, 4) is 0 Å². The summed E-state index contributed by atoms with van der Waals surface area (Å²) >= 11 is 0. The number of nitrogens with zero attached hydrogens (tertiary/aromatic N) is 2. The molecule has 1 aromatic rings. The van der Waals surface area contributed by atoms with Crippen molar-refractivity contribution in [3.05, 3.63) is 45.1 Å². The van der Waals surface area contributed by atoms with Gasteiger partial charge in [-0.25, -0.2) is 26.5 Å². The summed E-state index contributed by atoms with van der Waals surface area (Å²) in [4.78, 5) is 33.5. The molecule has 2 N–H and O–H groups in total. The number of likely N-dealkylation sites (N-methyl/N-ethyl adjacent to an activating group) is 2. The molecule has 3 saturated carbocycles. The van der Waals surface area contributed by atoms with E-state index >= 15 is 0 Å². The Morgan fingerprint density at radius 1 is 1.05 bits per heavy atom. The summed E-state index contributed by atoms with van der Waals surface area (Å²) < 4.78 is 68.0. The van der Waals surface area contributed by atoms with E-state index in [4.69, 9.17) is 9.47 Å². The van der Waals surface area contributed by atoms with Crippen LogP contribution in [0.15, 0.2) is 33.3 Å².